The molecule has 116 valence electrons. The van der Waals surface area contributed by atoms with Gasteiger partial charge in [-0.25, -0.2) is 0 Å². The maximum atomic E-state index is 12.1. The highest BCUT2D eigenvalue weighted by Gasteiger charge is 2.26. The van der Waals surface area contributed by atoms with E-state index in [1.54, 1.807) is 6.07 Å². The molecule has 0 saturated carbocycles. The van der Waals surface area contributed by atoms with E-state index < -0.39 is 0 Å². The first-order chi connectivity index (χ1) is 10.7. The predicted octanol–water partition coefficient (Wildman–Crippen LogP) is 3.83. The zero-order valence-corrected chi connectivity index (χ0v) is 13.1. The van der Waals surface area contributed by atoms with Gasteiger partial charge >= 0.3 is 0 Å². The summed E-state index contributed by atoms with van der Waals surface area (Å²) in [5.74, 6) is 0.00485. The van der Waals surface area contributed by atoms with Crippen LogP contribution in [0.5, 0.6) is 0 Å². The molecule has 2 aromatic rings. The molecule has 1 unspecified atom stereocenters. The van der Waals surface area contributed by atoms with Crippen LogP contribution in [0, 0.1) is 0 Å². The molecule has 1 saturated heterocycles. The van der Waals surface area contributed by atoms with Crippen molar-refractivity contribution in [1.82, 2.24) is 9.88 Å². The summed E-state index contributed by atoms with van der Waals surface area (Å²) < 4.78 is 0. The number of hydrogen-bond donors (Lipinski definition) is 2. The van der Waals surface area contributed by atoms with E-state index in [9.17, 15) is 4.79 Å². The summed E-state index contributed by atoms with van der Waals surface area (Å²) in [5.41, 5.74) is 1.92. The van der Waals surface area contributed by atoms with Crippen molar-refractivity contribution in [3.63, 3.8) is 0 Å². The number of hydrogen-bond acceptors (Lipinski definition) is 2. The van der Waals surface area contributed by atoms with E-state index in [2.05, 4.69) is 21.3 Å². The fraction of sp³-hybridized carbons (Fsp3) is 0.353. The number of nitrogens with zero attached hydrogens (tertiary/aromatic N) is 1. The standard InChI is InChI=1S/C17H20ClN3O/c18-13-5-1-2-6-14(13)20-17(22)9-12-21-11-4-8-16(21)15-7-3-10-19-15/h1-3,5-7,10,16,19H,4,8-9,11-12H2,(H,20,22). The largest absolute Gasteiger partial charge is 0.364 e. The van der Waals surface area contributed by atoms with E-state index in [-0.39, 0.29) is 5.91 Å². The van der Waals surface area contributed by atoms with Crippen LogP contribution in [0.25, 0.3) is 0 Å². The first kappa shape index (κ1) is 15.1. The van der Waals surface area contributed by atoms with Crippen molar-refractivity contribution >= 4 is 23.2 Å². The molecule has 3 rings (SSSR count). The summed E-state index contributed by atoms with van der Waals surface area (Å²) >= 11 is 6.06. The lowest BCUT2D eigenvalue weighted by atomic mass is 10.1. The van der Waals surface area contributed by atoms with Crippen LogP contribution in [-0.2, 0) is 4.79 Å². The molecule has 1 aliphatic rings. The van der Waals surface area contributed by atoms with Crippen molar-refractivity contribution in [2.24, 2.45) is 0 Å². The van der Waals surface area contributed by atoms with Crippen LogP contribution >= 0.6 is 11.6 Å². The Balaban J connectivity index is 1.54. The molecule has 0 radical (unpaired) electrons. The Bertz CT molecular complexity index is 627. The molecule has 2 heterocycles. The monoisotopic (exact) mass is 317 g/mol. The van der Waals surface area contributed by atoms with Crippen LogP contribution in [0.2, 0.25) is 5.02 Å². The predicted molar refractivity (Wildman–Crippen MR) is 89.0 cm³/mol. The third-order valence-corrected chi connectivity index (χ3v) is 4.45. The summed E-state index contributed by atoms with van der Waals surface area (Å²) in [6, 6.07) is 11.9. The number of likely N-dealkylation sites (tertiary alicyclic amines) is 1. The maximum absolute atomic E-state index is 12.1. The average Bonchev–Trinajstić information content (AvgIpc) is 3.18. The van der Waals surface area contributed by atoms with Gasteiger partial charge in [0.05, 0.1) is 10.7 Å². The molecule has 2 N–H and O–H groups in total. The van der Waals surface area contributed by atoms with Gasteiger partial charge in [0.1, 0.15) is 0 Å². The fourth-order valence-electron chi connectivity index (χ4n) is 3.02. The van der Waals surface area contributed by atoms with E-state index in [0.29, 0.717) is 23.2 Å². The van der Waals surface area contributed by atoms with Crippen LogP contribution < -0.4 is 5.32 Å². The van der Waals surface area contributed by atoms with Gasteiger partial charge in [-0.3, -0.25) is 9.69 Å². The zero-order chi connectivity index (χ0) is 15.4. The second kappa shape index (κ2) is 6.99. The number of aromatic nitrogens is 1. The van der Waals surface area contributed by atoms with E-state index in [1.807, 2.05) is 30.5 Å². The fourth-order valence-corrected chi connectivity index (χ4v) is 3.20. The van der Waals surface area contributed by atoms with Gasteiger partial charge in [-0.15, -0.1) is 0 Å². The minimum absolute atomic E-state index is 0.00485. The second-order valence-corrected chi connectivity index (χ2v) is 6.00. The second-order valence-electron chi connectivity index (χ2n) is 5.60. The number of rotatable bonds is 5. The van der Waals surface area contributed by atoms with Gasteiger partial charge in [0.15, 0.2) is 0 Å². The highest BCUT2D eigenvalue weighted by Crippen LogP contribution is 2.30. The molecule has 1 aromatic carbocycles. The molecule has 4 nitrogen and oxygen atoms in total. The lowest BCUT2D eigenvalue weighted by Crippen LogP contribution is -2.27. The molecule has 1 aromatic heterocycles. The van der Waals surface area contributed by atoms with Crippen molar-refractivity contribution in [1.29, 1.82) is 0 Å². The van der Waals surface area contributed by atoms with Crippen LogP contribution in [-0.4, -0.2) is 28.9 Å². The van der Waals surface area contributed by atoms with E-state index in [4.69, 9.17) is 11.6 Å². The van der Waals surface area contributed by atoms with Gasteiger partial charge < -0.3 is 10.3 Å². The Labute approximate surface area is 135 Å². The van der Waals surface area contributed by atoms with Crippen LogP contribution in [0.3, 0.4) is 0 Å². The Morgan fingerprint density at radius 3 is 2.95 bits per heavy atom. The highest BCUT2D eigenvalue weighted by atomic mass is 35.5. The highest BCUT2D eigenvalue weighted by molar-refractivity contribution is 6.33. The average molecular weight is 318 g/mol. The number of carbonyl (C=O) groups excluding carboxylic acids is 1. The minimum atomic E-state index is 0.00485. The van der Waals surface area contributed by atoms with Gasteiger partial charge in [0, 0.05) is 30.9 Å². The summed E-state index contributed by atoms with van der Waals surface area (Å²) in [5, 5.41) is 3.45. The summed E-state index contributed by atoms with van der Waals surface area (Å²) in [6.07, 6.45) is 4.75. The Morgan fingerprint density at radius 2 is 2.18 bits per heavy atom. The lowest BCUT2D eigenvalue weighted by molar-refractivity contribution is -0.116. The Hall–Kier alpha value is -1.78. The number of H-pyrrole nitrogens is 1. The van der Waals surface area contributed by atoms with Crippen molar-refractivity contribution in [3.05, 3.63) is 53.3 Å². The van der Waals surface area contributed by atoms with Crippen molar-refractivity contribution in [2.75, 3.05) is 18.4 Å². The molecule has 1 fully saturated rings. The first-order valence-electron chi connectivity index (χ1n) is 7.66. The first-order valence-corrected chi connectivity index (χ1v) is 8.03. The third-order valence-electron chi connectivity index (χ3n) is 4.12. The molecule has 1 atom stereocenters. The van der Waals surface area contributed by atoms with Gasteiger partial charge in [0.25, 0.3) is 0 Å². The Kier molecular flexibility index (Phi) is 4.80. The minimum Gasteiger partial charge on any atom is -0.364 e. The molecule has 1 aliphatic heterocycles. The van der Waals surface area contributed by atoms with Gasteiger partial charge in [0.2, 0.25) is 5.91 Å². The van der Waals surface area contributed by atoms with Crippen molar-refractivity contribution in [2.45, 2.75) is 25.3 Å². The number of amides is 1. The number of benzene rings is 1. The molecule has 0 bridgehead atoms. The number of nitrogens with one attached hydrogen (secondary N) is 2. The van der Waals surface area contributed by atoms with E-state index in [1.165, 1.54) is 12.1 Å². The number of carbonyl (C=O) groups is 1. The van der Waals surface area contributed by atoms with E-state index in [0.717, 1.165) is 19.5 Å². The molecular weight excluding hydrogens is 298 g/mol. The zero-order valence-electron chi connectivity index (χ0n) is 12.4. The molecule has 5 heteroatoms. The summed E-state index contributed by atoms with van der Waals surface area (Å²) in [7, 11) is 0. The number of halogens is 1. The van der Waals surface area contributed by atoms with Crippen LogP contribution in [0.4, 0.5) is 5.69 Å². The van der Waals surface area contributed by atoms with Crippen molar-refractivity contribution in [3.8, 4) is 0 Å². The van der Waals surface area contributed by atoms with Gasteiger partial charge in [-0.1, -0.05) is 23.7 Å². The molecule has 0 spiro atoms. The normalized spacial score (nSPS) is 18.5. The van der Waals surface area contributed by atoms with Crippen LogP contribution in [0.15, 0.2) is 42.6 Å². The molecule has 0 aliphatic carbocycles. The topological polar surface area (TPSA) is 48.1 Å². The van der Waals surface area contributed by atoms with E-state index >= 15 is 0 Å². The lowest BCUT2D eigenvalue weighted by Gasteiger charge is -2.23. The summed E-state index contributed by atoms with van der Waals surface area (Å²) in [6.45, 7) is 1.81. The quantitative estimate of drug-likeness (QED) is 0.880. The van der Waals surface area contributed by atoms with Gasteiger partial charge in [-0.2, -0.15) is 0 Å². The maximum Gasteiger partial charge on any atom is 0.225 e. The third kappa shape index (κ3) is 3.51. The van der Waals surface area contributed by atoms with Gasteiger partial charge in [-0.05, 0) is 43.7 Å². The Morgan fingerprint density at radius 1 is 1.32 bits per heavy atom. The SMILES string of the molecule is O=C(CCN1CCCC1c1ccc[nH]1)Nc1ccccc1Cl. The molecule has 1 amide bonds. The van der Waals surface area contributed by atoms with Crippen molar-refractivity contribution < 1.29 is 4.79 Å². The number of aromatic amines is 1. The van der Waals surface area contributed by atoms with Crippen LogP contribution in [0.1, 0.15) is 31.0 Å². The number of anilines is 1. The summed E-state index contributed by atoms with van der Waals surface area (Å²) in [4.78, 5) is 17.8. The number of para-hydroxylation sites is 1. The smallest absolute Gasteiger partial charge is 0.225 e. The molecule has 22 heavy (non-hydrogen) atoms. The molecular formula is C17H20ClN3O.